The van der Waals surface area contributed by atoms with Crippen LogP contribution in [0.2, 0.25) is 0 Å². The lowest BCUT2D eigenvalue weighted by atomic mass is 10.1. The lowest BCUT2D eigenvalue weighted by molar-refractivity contribution is -0.704. The molecular formula is C26H51N2+. The summed E-state index contributed by atoms with van der Waals surface area (Å²) in [5, 5.41) is 0. The van der Waals surface area contributed by atoms with Gasteiger partial charge < -0.3 is 0 Å². The van der Waals surface area contributed by atoms with Gasteiger partial charge in [-0.15, -0.1) is 0 Å². The van der Waals surface area contributed by atoms with Gasteiger partial charge in [0.15, 0.2) is 0 Å². The highest BCUT2D eigenvalue weighted by Crippen LogP contribution is 2.11. The smallest absolute Gasteiger partial charge is 0.234 e. The fourth-order valence-corrected chi connectivity index (χ4v) is 4.32. The van der Waals surface area contributed by atoms with Crippen LogP contribution in [0.5, 0.6) is 0 Å². The van der Waals surface area contributed by atoms with E-state index in [1.165, 1.54) is 128 Å². The van der Waals surface area contributed by atoms with E-state index in [-0.39, 0.29) is 0 Å². The summed E-state index contributed by atoms with van der Waals surface area (Å²) in [7, 11) is 0. The molecule has 2 nitrogen and oxygen atoms in total. The number of nitrogens with zero attached hydrogens (tertiary/aromatic N) is 2. The van der Waals surface area contributed by atoms with E-state index in [9.17, 15) is 0 Å². The molecule has 0 saturated carbocycles. The summed E-state index contributed by atoms with van der Waals surface area (Å²) in [5.41, 5.74) is 0. The Morgan fingerprint density at radius 1 is 0.607 bits per heavy atom. The molecule has 1 aromatic heterocycles. The van der Waals surface area contributed by atoms with Gasteiger partial charge in [0.25, 0.3) is 5.82 Å². The predicted molar refractivity (Wildman–Crippen MR) is 124 cm³/mol. The summed E-state index contributed by atoms with van der Waals surface area (Å²) in [5.74, 6) is 1.53. The first-order chi connectivity index (χ1) is 13.8. The molecule has 1 heterocycles. The van der Waals surface area contributed by atoms with Crippen molar-refractivity contribution in [1.82, 2.24) is 4.57 Å². The number of aryl methyl sites for hydroxylation is 2. The molecule has 2 heteroatoms. The normalized spacial score (nSPS) is 11.4. The fourth-order valence-electron chi connectivity index (χ4n) is 4.32. The Hall–Kier alpha value is -0.790. The van der Waals surface area contributed by atoms with Gasteiger partial charge in [0.1, 0.15) is 12.4 Å². The molecule has 0 N–H and O–H groups in total. The Labute approximate surface area is 177 Å². The van der Waals surface area contributed by atoms with Crippen LogP contribution in [0.25, 0.3) is 0 Å². The van der Waals surface area contributed by atoms with E-state index in [2.05, 4.69) is 42.3 Å². The third kappa shape index (κ3) is 11.9. The summed E-state index contributed by atoms with van der Waals surface area (Å²) in [6, 6.07) is 0. The van der Waals surface area contributed by atoms with Gasteiger partial charge in [-0.3, -0.25) is 0 Å². The average molecular weight is 392 g/mol. The maximum atomic E-state index is 2.52. The highest BCUT2D eigenvalue weighted by molar-refractivity contribution is 4.83. The zero-order valence-electron chi connectivity index (χ0n) is 19.7. The second kappa shape index (κ2) is 18.3. The van der Waals surface area contributed by atoms with Gasteiger partial charge >= 0.3 is 0 Å². The molecule has 164 valence electrons. The zero-order chi connectivity index (χ0) is 20.3. The van der Waals surface area contributed by atoms with Crippen LogP contribution in [-0.2, 0) is 19.5 Å². The third-order valence-electron chi connectivity index (χ3n) is 6.16. The highest BCUT2D eigenvalue weighted by atomic mass is 15.1. The molecule has 0 amide bonds. The van der Waals surface area contributed by atoms with Crippen molar-refractivity contribution in [2.24, 2.45) is 0 Å². The van der Waals surface area contributed by atoms with Crippen LogP contribution in [0.15, 0.2) is 12.4 Å². The average Bonchev–Trinajstić information content (AvgIpc) is 3.10. The molecule has 0 atom stereocenters. The lowest BCUT2D eigenvalue weighted by Crippen LogP contribution is -2.37. The molecule has 0 saturated heterocycles. The second-order valence-corrected chi connectivity index (χ2v) is 8.76. The van der Waals surface area contributed by atoms with E-state index < -0.39 is 0 Å². The summed E-state index contributed by atoms with van der Waals surface area (Å²) in [6.45, 7) is 9.33. The van der Waals surface area contributed by atoms with Crippen LogP contribution >= 0.6 is 0 Å². The number of aromatic nitrogens is 2. The van der Waals surface area contributed by atoms with Crippen LogP contribution in [0.3, 0.4) is 0 Å². The standard InChI is InChI=1S/C26H51N2/c1-4-7-9-11-13-15-17-19-21-23-28-25-24-27(26(28)6-3)22-20-18-16-14-12-10-8-5-2/h24-25H,4-23H2,1-3H3/q+1. The quantitative estimate of drug-likeness (QED) is 0.157. The molecule has 28 heavy (non-hydrogen) atoms. The van der Waals surface area contributed by atoms with Gasteiger partial charge in [0, 0.05) is 6.42 Å². The second-order valence-electron chi connectivity index (χ2n) is 8.76. The number of rotatable bonds is 20. The molecule has 0 aromatic carbocycles. The van der Waals surface area contributed by atoms with Gasteiger partial charge in [-0.25, -0.2) is 9.13 Å². The number of imidazole rings is 1. The van der Waals surface area contributed by atoms with Gasteiger partial charge in [-0.05, 0) is 25.7 Å². The van der Waals surface area contributed by atoms with Crippen molar-refractivity contribution in [3.63, 3.8) is 0 Å². The van der Waals surface area contributed by atoms with Crippen molar-refractivity contribution in [1.29, 1.82) is 0 Å². The van der Waals surface area contributed by atoms with E-state index >= 15 is 0 Å². The molecule has 0 aliphatic heterocycles. The molecule has 0 radical (unpaired) electrons. The largest absolute Gasteiger partial charge is 0.256 e. The van der Waals surface area contributed by atoms with E-state index in [0.29, 0.717) is 0 Å². The van der Waals surface area contributed by atoms with Gasteiger partial charge in [-0.1, -0.05) is 104 Å². The Morgan fingerprint density at radius 3 is 1.57 bits per heavy atom. The van der Waals surface area contributed by atoms with Crippen LogP contribution in [0, 0.1) is 0 Å². The van der Waals surface area contributed by atoms with Crippen LogP contribution in [0.4, 0.5) is 0 Å². The molecule has 0 aliphatic rings. The van der Waals surface area contributed by atoms with Crippen molar-refractivity contribution >= 4 is 0 Å². The summed E-state index contributed by atoms with van der Waals surface area (Å²) in [4.78, 5) is 0. The topological polar surface area (TPSA) is 8.81 Å². The van der Waals surface area contributed by atoms with Gasteiger partial charge in [-0.2, -0.15) is 0 Å². The SMILES string of the molecule is CCCCCCCCCCC[n+]1ccn(CCCCCCCCCC)c1CC. The van der Waals surface area contributed by atoms with Crippen molar-refractivity contribution in [3.05, 3.63) is 18.2 Å². The Morgan fingerprint density at radius 2 is 1.07 bits per heavy atom. The number of hydrogen-bond acceptors (Lipinski definition) is 0. The maximum absolute atomic E-state index is 2.52. The first kappa shape index (κ1) is 25.2. The highest BCUT2D eigenvalue weighted by Gasteiger charge is 2.14. The summed E-state index contributed by atoms with van der Waals surface area (Å²) < 4.78 is 5.04. The van der Waals surface area contributed by atoms with Gasteiger partial charge in [0.05, 0.1) is 13.1 Å². The van der Waals surface area contributed by atoms with Crippen molar-refractivity contribution in [3.8, 4) is 0 Å². The minimum Gasteiger partial charge on any atom is -0.234 e. The molecule has 0 bridgehead atoms. The van der Waals surface area contributed by atoms with Crippen LogP contribution in [-0.4, -0.2) is 4.57 Å². The summed E-state index contributed by atoms with van der Waals surface area (Å²) >= 11 is 0. The van der Waals surface area contributed by atoms with Crippen molar-refractivity contribution < 1.29 is 4.57 Å². The van der Waals surface area contributed by atoms with E-state index in [1.807, 2.05) is 0 Å². The van der Waals surface area contributed by atoms with Crippen molar-refractivity contribution in [2.75, 3.05) is 0 Å². The number of hydrogen-bond donors (Lipinski definition) is 0. The Balaban J connectivity index is 2.12. The zero-order valence-corrected chi connectivity index (χ0v) is 19.7. The lowest BCUT2D eigenvalue weighted by Gasteiger charge is -2.05. The first-order valence-corrected chi connectivity index (χ1v) is 12.9. The Bertz CT molecular complexity index is 449. The molecule has 1 rings (SSSR count). The molecule has 1 aromatic rings. The first-order valence-electron chi connectivity index (χ1n) is 12.9. The van der Waals surface area contributed by atoms with Crippen molar-refractivity contribution in [2.45, 2.75) is 149 Å². The molecule has 0 aliphatic carbocycles. The monoisotopic (exact) mass is 391 g/mol. The van der Waals surface area contributed by atoms with Crippen LogP contribution in [0.1, 0.15) is 136 Å². The third-order valence-corrected chi connectivity index (χ3v) is 6.16. The fraction of sp³-hybridized carbons (Fsp3) is 0.885. The summed E-state index contributed by atoms with van der Waals surface area (Å²) in [6.07, 6.45) is 29.8. The van der Waals surface area contributed by atoms with E-state index in [0.717, 1.165) is 6.42 Å². The molecule has 0 spiro atoms. The van der Waals surface area contributed by atoms with E-state index in [4.69, 9.17) is 0 Å². The predicted octanol–water partition coefficient (Wildman–Crippen LogP) is 8.01. The van der Waals surface area contributed by atoms with E-state index in [1.54, 1.807) is 0 Å². The maximum Gasteiger partial charge on any atom is 0.256 e. The van der Waals surface area contributed by atoms with Gasteiger partial charge in [0.2, 0.25) is 0 Å². The number of unbranched alkanes of at least 4 members (excludes halogenated alkanes) is 15. The minimum atomic E-state index is 1.15. The Kier molecular flexibility index (Phi) is 16.5. The minimum absolute atomic E-state index is 1.15. The van der Waals surface area contributed by atoms with Crippen LogP contribution < -0.4 is 4.57 Å². The molecular weight excluding hydrogens is 340 g/mol. The molecule has 0 fully saturated rings. The molecule has 0 unspecified atom stereocenters.